The van der Waals surface area contributed by atoms with Gasteiger partial charge in [-0.25, -0.2) is 0 Å². The molecule has 5 rings (SSSR count). The molecule has 3 heterocycles. The molecule has 0 amide bonds. The van der Waals surface area contributed by atoms with Crippen LogP contribution in [-0.2, 0) is 14.1 Å². The standard InChI is InChI=1S/C22H19N3/c1-24-13-19(15-7-3-5-9-21(15)24)17-11-23-12-18(17)20-14-25(2)22-10-6-4-8-16(20)22/h3-14,23H,1-2H3. The second kappa shape index (κ2) is 5.15. The van der Waals surface area contributed by atoms with Gasteiger partial charge in [-0.15, -0.1) is 0 Å². The molecule has 0 fully saturated rings. The van der Waals surface area contributed by atoms with Crippen molar-refractivity contribution < 1.29 is 0 Å². The maximum absolute atomic E-state index is 3.32. The van der Waals surface area contributed by atoms with Gasteiger partial charge in [0.15, 0.2) is 0 Å². The largest absolute Gasteiger partial charge is 0.366 e. The highest BCUT2D eigenvalue weighted by Crippen LogP contribution is 2.39. The fourth-order valence-corrected chi connectivity index (χ4v) is 3.92. The Balaban J connectivity index is 1.80. The van der Waals surface area contributed by atoms with Gasteiger partial charge in [0, 0.05) is 82.9 Å². The topological polar surface area (TPSA) is 25.6 Å². The number of aryl methyl sites for hydroxylation is 2. The Morgan fingerprint density at radius 2 is 1.04 bits per heavy atom. The molecular formula is C22H19N3. The number of nitrogens with zero attached hydrogens (tertiary/aromatic N) is 2. The van der Waals surface area contributed by atoms with Crippen molar-refractivity contribution in [3.05, 3.63) is 73.3 Å². The van der Waals surface area contributed by atoms with Crippen molar-refractivity contribution in [3.63, 3.8) is 0 Å². The molecule has 0 aliphatic carbocycles. The summed E-state index contributed by atoms with van der Waals surface area (Å²) in [5.41, 5.74) is 7.52. The molecule has 3 aromatic heterocycles. The average molecular weight is 325 g/mol. The first-order valence-electron chi connectivity index (χ1n) is 8.49. The number of fused-ring (bicyclic) bond motifs is 2. The van der Waals surface area contributed by atoms with Crippen LogP contribution in [0.15, 0.2) is 73.3 Å². The third-order valence-electron chi connectivity index (χ3n) is 5.12. The van der Waals surface area contributed by atoms with Gasteiger partial charge in [0.2, 0.25) is 0 Å². The average Bonchev–Trinajstić information content (AvgIpc) is 3.32. The summed E-state index contributed by atoms with van der Waals surface area (Å²) in [6, 6.07) is 17.1. The number of hydrogen-bond acceptors (Lipinski definition) is 0. The SMILES string of the molecule is Cn1cc(-c2c[nH]cc2-c2cn(C)c3ccccc23)c2ccccc21. The summed E-state index contributed by atoms with van der Waals surface area (Å²) in [7, 11) is 4.21. The van der Waals surface area contributed by atoms with E-state index in [1.54, 1.807) is 0 Å². The highest BCUT2D eigenvalue weighted by molar-refractivity contribution is 6.04. The Morgan fingerprint density at radius 3 is 1.52 bits per heavy atom. The highest BCUT2D eigenvalue weighted by atomic mass is 14.9. The van der Waals surface area contributed by atoms with Gasteiger partial charge in [0.1, 0.15) is 0 Å². The minimum Gasteiger partial charge on any atom is -0.366 e. The molecule has 25 heavy (non-hydrogen) atoms. The van der Waals surface area contributed by atoms with Crippen LogP contribution in [0.25, 0.3) is 44.1 Å². The van der Waals surface area contributed by atoms with Crippen molar-refractivity contribution in [2.24, 2.45) is 14.1 Å². The second-order valence-electron chi connectivity index (χ2n) is 6.62. The van der Waals surface area contributed by atoms with E-state index in [1.165, 1.54) is 44.1 Å². The first-order valence-corrected chi connectivity index (χ1v) is 8.49. The fraction of sp³-hybridized carbons (Fsp3) is 0.0909. The van der Waals surface area contributed by atoms with E-state index in [9.17, 15) is 0 Å². The van der Waals surface area contributed by atoms with Crippen LogP contribution in [0.5, 0.6) is 0 Å². The molecule has 0 aliphatic rings. The van der Waals surface area contributed by atoms with Crippen LogP contribution in [0.2, 0.25) is 0 Å². The molecule has 0 spiro atoms. The molecule has 2 aromatic carbocycles. The van der Waals surface area contributed by atoms with E-state index < -0.39 is 0 Å². The Bertz CT molecular complexity index is 1120. The number of nitrogens with one attached hydrogen (secondary N) is 1. The lowest BCUT2D eigenvalue weighted by Crippen LogP contribution is -1.82. The second-order valence-corrected chi connectivity index (χ2v) is 6.62. The first-order chi connectivity index (χ1) is 12.2. The molecule has 0 radical (unpaired) electrons. The van der Waals surface area contributed by atoms with Gasteiger partial charge < -0.3 is 14.1 Å². The molecule has 1 N–H and O–H groups in total. The van der Waals surface area contributed by atoms with E-state index in [0.717, 1.165) is 0 Å². The summed E-state index contributed by atoms with van der Waals surface area (Å²) in [5.74, 6) is 0. The molecule has 0 saturated heterocycles. The molecule has 122 valence electrons. The molecule has 5 aromatic rings. The lowest BCUT2D eigenvalue weighted by atomic mass is 9.98. The van der Waals surface area contributed by atoms with Crippen LogP contribution < -0.4 is 0 Å². The monoisotopic (exact) mass is 325 g/mol. The van der Waals surface area contributed by atoms with Crippen LogP contribution in [0.1, 0.15) is 0 Å². The quantitative estimate of drug-likeness (QED) is 0.454. The number of rotatable bonds is 2. The van der Waals surface area contributed by atoms with Crippen molar-refractivity contribution in [3.8, 4) is 22.3 Å². The normalized spacial score (nSPS) is 11.6. The van der Waals surface area contributed by atoms with Crippen molar-refractivity contribution in [1.29, 1.82) is 0 Å². The summed E-state index contributed by atoms with van der Waals surface area (Å²) >= 11 is 0. The van der Waals surface area contributed by atoms with Crippen molar-refractivity contribution in [2.45, 2.75) is 0 Å². The zero-order chi connectivity index (χ0) is 17.0. The number of hydrogen-bond donors (Lipinski definition) is 1. The maximum Gasteiger partial charge on any atom is 0.0484 e. The Morgan fingerprint density at radius 1 is 0.600 bits per heavy atom. The van der Waals surface area contributed by atoms with Crippen molar-refractivity contribution in [2.75, 3.05) is 0 Å². The van der Waals surface area contributed by atoms with Crippen LogP contribution in [0.4, 0.5) is 0 Å². The van der Waals surface area contributed by atoms with Gasteiger partial charge in [-0.3, -0.25) is 0 Å². The molecular weight excluding hydrogens is 306 g/mol. The van der Waals surface area contributed by atoms with Gasteiger partial charge in [0.05, 0.1) is 0 Å². The summed E-state index contributed by atoms with van der Waals surface area (Å²) in [6.45, 7) is 0. The Labute approximate surface area is 146 Å². The smallest absolute Gasteiger partial charge is 0.0484 e. The number of aromatic nitrogens is 3. The lowest BCUT2D eigenvalue weighted by molar-refractivity contribution is 0.969. The van der Waals surface area contributed by atoms with E-state index in [1.807, 2.05) is 0 Å². The highest BCUT2D eigenvalue weighted by Gasteiger charge is 2.17. The minimum absolute atomic E-state index is 1.24. The van der Waals surface area contributed by atoms with Crippen LogP contribution in [0.3, 0.4) is 0 Å². The van der Waals surface area contributed by atoms with E-state index in [4.69, 9.17) is 0 Å². The molecule has 3 heteroatoms. The van der Waals surface area contributed by atoms with Gasteiger partial charge in [-0.05, 0) is 12.1 Å². The number of aromatic amines is 1. The van der Waals surface area contributed by atoms with E-state index in [2.05, 4.69) is 102 Å². The molecule has 0 unspecified atom stereocenters. The van der Waals surface area contributed by atoms with Crippen LogP contribution >= 0.6 is 0 Å². The van der Waals surface area contributed by atoms with Crippen molar-refractivity contribution >= 4 is 21.8 Å². The predicted molar refractivity (Wildman–Crippen MR) is 105 cm³/mol. The fourth-order valence-electron chi connectivity index (χ4n) is 3.92. The summed E-state index contributed by atoms with van der Waals surface area (Å²) in [6.07, 6.45) is 8.67. The molecule has 0 saturated carbocycles. The molecule has 0 atom stereocenters. The molecule has 3 nitrogen and oxygen atoms in total. The van der Waals surface area contributed by atoms with Gasteiger partial charge in [-0.1, -0.05) is 36.4 Å². The van der Waals surface area contributed by atoms with E-state index >= 15 is 0 Å². The summed E-state index contributed by atoms with van der Waals surface area (Å²) < 4.78 is 4.40. The number of H-pyrrole nitrogens is 1. The zero-order valence-corrected chi connectivity index (χ0v) is 14.3. The minimum atomic E-state index is 1.24. The maximum atomic E-state index is 3.32. The van der Waals surface area contributed by atoms with Crippen LogP contribution in [-0.4, -0.2) is 14.1 Å². The Kier molecular flexibility index (Phi) is 2.92. The van der Waals surface area contributed by atoms with Gasteiger partial charge >= 0.3 is 0 Å². The number of para-hydroxylation sites is 2. The third kappa shape index (κ3) is 1.99. The summed E-state index contributed by atoms with van der Waals surface area (Å²) in [4.78, 5) is 3.32. The Hall–Kier alpha value is -3.20. The summed E-state index contributed by atoms with van der Waals surface area (Å²) in [5, 5.41) is 2.57. The predicted octanol–water partition coefficient (Wildman–Crippen LogP) is 5.33. The first kappa shape index (κ1) is 14.2. The van der Waals surface area contributed by atoms with E-state index in [-0.39, 0.29) is 0 Å². The van der Waals surface area contributed by atoms with Gasteiger partial charge in [-0.2, -0.15) is 0 Å². The van der Waals surface area contributed by atoms with Crippen molar-refractivity contribution in [1.82, 2.24) is 14.1 Å². The number of benzene rings is 2. The molecule has 0 bridgehead atoms. The zero-order valence-electron chi connectivity index (χ0n) is 14.3. The lowest BCUT2D eigenvalue weighted by Gasteiger charge is -2.02. The van der Waals surface area contributed by atoms with E-state index in [0.29, 0.717) is 0 Å². The third-order valence-corrected chi connectivity index (χ3v) is 5.12. The molecule has 0 aliphatic heterocycles. The van der Waals surface area contributed by atoms with Gasteiger partial charge in [0.25, 0.3) is 0 Å². The van der Waals surface area contributed by atoms with Crippen LogP contribution in [0, 0.1) is 0 Å².